The molecule has 27 heavy (non-hydrogen) atoms. The van der Waals surface area contributed by atoms with E-state index in [1.54, 1.807) is 24.3 Å². The Kier molecular flexibility index (Phi) is 5.75. The van der Waals surface area contributed by atoms with E-state index in [1.807, 2.05) is 30.3 Å². The SMILES string of the molecule is CC(=O)c1ccc(S(=O)(=O)N[C@H](c2ccccc2)c2ccc(Cl)cc2)cc1. The Morgan fingerprint density at radius 2 is 1.41 bits per heavy atom. The number of benzene rings is 3. The van der Waals surface area contributed by atoms with E-state index in [4.69, 9.17) is 11.6 Å². The summed E-state index contributed by atoms with van der Waals surface area (Å²) in [5.74, 6) is -0.116. The molecule has 0 aliphatic heterocycles. The molecule has 0 heterocycles. The van der Waals surface area contributed by atoms with Crippen LogP contribution in [0.3, 0.4) is 0 Å². The normalized spacial score (nSPS) is 12.5. The minimum Gasteiger partial charge on any atom is -0.295 e. The zero-order chi connectivity index (χ0) is 19.4. The summed E-state index contributed by atoms with van der Waals surface area (Å²) in [6.07, 6.45) is 0. The van der Waals surface area contributed by atoms with Crippen LogP contribution in [0.4, 0.5) is 0 Å². The van der Waals surface area contributed by atoms with Gasteiger partial charge < -0.3 is 0 Å². The molecule has 0 bridgehead atoms. The molecule has 1 atom stereocenters. The lowest BCUT2D eigenvalue weighted by Crippen LogP contribution is -2.29. The van der Waals surface area contributed by atoms with Crippen molar-refractivity contribution in [2.24, 2.45) is 0 Å². The lowest BCUT2D eigenvalue weighted by molar-refractivity contribution is 0.101. The minimum absolute atomic E-state index is 0.0994. The van der Waals surface area contributed by atoms with Gasteiger partial charge in [0.15, 0.2) is 5.78 Å². The maximum Gasteiger partial charge on any atom is 0.241 e. The zero-order valence-corrected chi connectivity index (χ0v) is 16.2. The first-order valence-electron chi connectivity index (χ1n) is 8.30. The topological polar surface area (TPSA) is 63.2 Å². The fourth-order valence-corrected chi connectivity index (χ4v) is 4.06. The molecular formula is C21H18ClNO3S. The maximum atomic E-state index is 12.9. The van der Waals surface area contributed by atoms with Crippen molar-refractivity contribution < 1.29 is 13.2 Å². The third kappa shape index (κ3) is 4.63. The molecule has 0 amide bonds. The highest BCUT2D eigenvalue weighted by atomic mass is 35.5. The number of ketones is 1. The number of nitrogens with one attached hydrogen (secondary N) is 1. The maximum absolute atomic E-state index is 12.9. The van der Waals surface area contributed by atoms with Crippen LogP contribution in [0.1, 0.15) is 34.5 Å². The summed E-state index contributed by atoms with van der Waals surface area (Å²) >= 11 is 5.97. The number of rotatable bonds is 6. The van der Waals surface area contributed by atoms with Gasteiger partial charge in [0, 0.05) is 10.6 Å². The second kappa shape index (κ2) is 8.05. The number of halogens is 1. The fourth-order valence-electron chi connectivity index (χ4n) is 2.72. The van der Waals surface area contributed by atoms with Gasteiger partial charge in [-0.15, -0.1) is 0 Å². The Bertz CT molecular complexity index is 1030. The molecule has 0 fully saturated rings. The summed E-state index contributed by atoms with van der Waals surface area (Å²) in [5, 5.41) is 0.577. The van der Waals surface area contributed by atoms with Gasteiger partial charge in [0.25, 0.3) is 0 Å². The average Bonchev–Trinajstić information content (AvgIpc) is 2.68. The predicted octanol–water partition coefficient (Wildman–Crippen LogP) is 4.61. The van der Waals surface area contributed by atoms with E-state index < -0.39 is 16.1 Å². The van der Waals surface area contributed by atoms with Gasteiger partial charge in [0.2, 0.25) is 10.0 Å². The van der Waals surface area contributed by atoms with Crippen molar-refractivity contribution in [1.82, 2.24) is 4.72 Å². The van der Waals surface area contributed by atoms with Gasteiger partial charge >= 0.3 is 0 Å². The van der Waals surface area contributed by atoms with E-state index in [9.17, 15) is 13.2 Å². The lowest BCUT2D eigenvalue weighted by atomic mass is 10.00. The Balaban J connectivity index is 1.98. The predicted molar refractivity (Wildman–Crippen MR) is 107 cm³/mol. The average molecular weight is 400 g/mol. The van der Waals surface area contributed by atoms with Crippen LogP contribution < -0.4 is 4.72 Å². The Morgan fingerprint density at radius 1 is 0.852 bits per heavy atom. The smallest absolute Gasteiger partial charge is 0.241 e. The minimum atomic E-state index is -3.80. The quantitative estimate of drug-likeness (QED) is 0.615. The van der Waals surface area contributed by atoms with Gasteiger partial charge in [0.1, 0.15) is 0 Å². The third-order valence-electron chi connectivity index (χ3n) is 4.18. The molecule has 3 aromatic rings. The number of sulfonamides is 1. The van der Waals surface area contributed by atoms with Crippen molar-refractivity contribution >= 4 is 27.4 Å². The molecule has 4 nitrogen and oxygen atoms in total. The van der Waals surface area contributed by atoms with Crippen molar-refractivity contribution in [3.63, 3.8) is 0 Å². The summed E-state index contributed by atoms with van der Waals surface area (Å²) in [6.45, 7) is 1.44. The highest BCUT2D eigenvalue weighted by Gasteiger charge is 2.23. The van der Waals surface area contributed by atoms with Crippen molar-refractivity contribution in [1.29, 1.82) is 0 Å². The molecule has 0 aliphatic carbocycles. The van der Waals surface area contributed by atoms with Gasteiger partial charge in [-0.1, -0.05) is 66.2 Å². The first kappa shape index (κ1) is 19.3. The van der Waals surface area contributed by atoms with Crippen molar-refractivity contribution in [3.8, 4) is 0 Å². The first-order chi connectivity index (χ1) is 12.9. The highest BCUT2D eigenvalue weighted by molar-refractivity contribution is 7.89. The van der Waals surface area contributed by atoms with Crippen molar-refractivity contribution in [2.75, 3.05) is 0 Å². The molecule has 0 radical (unpaired) electrons. The highest BCUT2D eigenvalue weighted by Crippen LogP contribution is 2.26. The van der Waals surface area contributed by atoms with Crippen LogP contribution >= 0.6 is 11.6 Å². The Labute approximate surface area is 163 Å². The summed E-state index contributed by atoms with van der Waals surface area (Å²) < 4.78 is 28.6. The monoisotopic (exact) mass is 399 g/mol. The third-order valence-corrected chi connectivity index (χ3v) is 5.87. The lowest BCUT2D eigenvalue weighted by Gasteiger charge is -2.20. The molecule has 138 valence electrons. The van der Waals surface area contributed by atoms with Crippen molar-refractivity contribution in [3.05, 3.63) is 101 Å². The van der Waals surface area contributed by atoms with Gasteiger partial charge in [-0.25, -0.2) is 8.42 Å². The molecule has 0 unspecified atom stereocenters. The van der Waals surface area contributed by atoms with E-state index in [2.05, 4.69) is 4.72 Å². The first-order valence-corrected chi connectivity index (χ1v) is 10.2. The van der Waals surface area contributed by atoms with Crippen LogP contribution in [0, 0.1) is 0 Å². The molecule has 3 rings (SSSR count). The van der Waals surface area contributed by atoms with E-state index in [-0.39, 0.29) is 10.7 Å². The summed E-state index contributed by atoms with van der Waals surface area (Å²) in [7, 11) is -3.80. The molecular weight excluding hydrogens is 382 g/mol. The van der Waals surface area contributed by atoms with Gasteiger partial charge in [-0.05, 0) is 42.3 Å². The van der Waals surface area contributed by atoms with Crippen LogP contribution in [0.5, 0.6) is 0 Å². The Hall–Kier alpha value is -2.47. The van der Waals surface area contributed by atoms with Crippen LogP contribution in [0.15, 0.2) is 83.8 Å². The zero-order valence-electron chi connectivity index (χ0n) is 14.6. The summed E-state index contributed by atoms with van der Waals surface area (Å²) in [6, 6.07) is 21.7. The molecule has 1 N–H and O–H groups in total. The van der Waals surface area contributed by atoms with Crippen LogP contribution in [-0.4, -0.2) is 14.2 Å². The molecule has 0 saturated heterocycles. The molecule has 6 heteroatoms. The van der Waals surface area contributed by atoms with E-state index >= 15 is 0 Å². The van der Waals surface area contributed by atoms with Crippen LogP contribution in [0.2, 0.25) is 5.02 Å². The number of hydrogen-bond donors (Lipinski definition) is 1. The number of carbonyl (C=O) groups excluding carboxylic acids is 1. The summed E-state index contributed by atoms with van der Waals surface area (Å²) in [4.78, 5) is 11.5. The number of hydrogen-bond acceptors (Lipinski definition) is 3. The van der Waals surface area contributed by atoms with E-state index in [1.165, 1.54) is 31.2 Å². The largest absolute Gasteiger partial charge is 0.295 e. The van der Waals surface area contributed by atoms with Crippen LogP contribution in [-0.2, 0) is 10.0 Å². The molecule has 3 aromatic carbocycles. The van der Waals surface area contributed by atoms with E-state index in [0.717, 1.165) is 11.1 Å². The second-order valence-corrected chi connectivity index (χ2v) is 8.25. The second-order valence-electron chi connectivity index (χ2n) is 6.10. The standard InChI is InChI=1S/C21H18ClNO3S/c1-15(24)16-9-13-20(14-10-16)27(25,26)23-21(17-5-3-2-4-6-17)18-7-11-19(22)12-8-18/h2-14,21,23H,1H3/t21-/m1/s1. The Morgan fingerprint density at radius 3 is 1.96 bits per heavy atom. The summed E-state index contributed by atoms with van der Waals surface area (Å²) in [5.41, 5.74) is 2.05. The van der Waals surface area contributed by atoms with E-state index in [0.29, 0.717) is 10.6 Å². The molecule has 0 spiro atoms. The van der Waals surface area contributed by atoms with Gasteiger partial charge in [-0.3, -0.25) is 4.79 Å². The number of Topliss-reactive ketones (excluding diaryl/α,β-unsaturated/α-hetero) is 1. The van der Waals surface area contributed by atoms with Crippen LogP contribution in [0.25, 0.3) is 0 Å². The number of carbonyl (C=O) groups is 1. The van der Waals surface area contributed by atoms with Gasteiger partial charge in [0.05, 0.1) is 10.9 Å². The fraction of sp³-hybridized carbons (Fsp3) is 0.0952. The molecule has 0 aliphatic rings. The van der Waals surface area contributed by atoms with Gasteiger partial charge in [-0.2, -0.15) is 4.72 Å². The van der Waals surface area contributed by atoms with Crippen molar-refractivity contribution in [2.45, 2.75) is 17.9 Å². The molecule has 0 saturated carbocycles. The molecule has 0 aromatic heterocycles.